The van der Waals surface area contributed by atoms with E-state index in [0.29, 0.717) is 5.56 Å². The predicted octanol–water partition coefficient (Wildman–Crippen LogP) is 3.09. The van der Waals surface area contributed by atoms with Crippen molar-refractivity contribution in [3.8, 4) is 11.3 Å². The SMILES string of the molecule is CC(=O)c1ccc(-c2[nH]c3ncc4nnc(C)n4c3c2C)cc1. The highest BCUT2D eigenvalue weighted by Crippen LogP contribution is 2.29. The molecule has 0 saturated heterocycles. The van der Waals surface area contributed by atoms with Crippen molar-refractivity contribution in [1.29, 1.82) is 0 Å². The Labute approximate surface area is 132 Å². The van der Waals surface area contributed by atoms with Gasteiger partial charge in [-0.2, -0.15) is 0 Å². The summed E-state index contributed by atoms with van der Waals surface area (Å²) in [6, 6.07) is 7.58. The molecule has 0 radical (unpaired) electrons. The third-order valence-corrected chi connectivity index (χ3v) is 4.16. The molecule has 4 rings (SSSR count). The molecule has 0 aliphatic carbocycles. The zero-order valence-electron chi connectivity index (χ0n) is 13.1. The predicted molar refractivity (Wildman–Crippen MR) is 87.6 cm³/mol. The van der Waals surface area contributed by atoms with Crippen LogP contribution >= 0.6 is 0 Å². The number of H-pyrrole nitrogens is 1. The van der Waals surface area contributed by atoms with Gasteiger partial charge in [0.05, 0.1) is 17.4 Å². The van der Waals surface area contributed by atoms with Gasteiger partial charge in [0.1, 0.15) is 5.82 Å². The fourth-order valence-electron chi connectivity index (χ4n) is 2.96. The number of rotatable bonds is 2. The number of benzene rings is 1. The molecule has 0 aliphatic rings. The van der Waals surface area contributed by atoms with Crippen molar-refractivity contribution < 1.29 is 4.79 Å². The number of aromatic nitrogens is 5. The molecule has 6 heteroatoms. The summed E-state index contributed by atoms with van der Waals surface area (Å²) < 4.78 is 2.00. The first-order valence-electron chi connectivity index (χ1n) is 7.36. The van der Waals surface area contributed by atoms with Crippen LogP contribution < -0.4 is 0 Å². The van der Waals surface area contributed by atoms with Crippen molar-refractivity contribution in [1.82, 2.24) is 24.6 Å². The normalized spacial score (nSPS) is 11.4. The molecular weight excluding hydrogens is 290 g/mol. The van der Waals surface area contributed by atoms with Gasteiger partial charge in [-0.05, 0) is 26.3 Å². The molecule has 1 N–H and O–H groups in total. The number of aromatic amines is 1. The molecule has 6 nitrogen and oxygen atoms in total. The molecule has 114 valence electrons. The summed E-state index contributed by atoms with van der Waals surface area (Å²) >= 11 is 0. The highest BCUT2D eigenvalue weighted by molar-refractivity contribution is 5.95. The zero-order valence-corrected chi connectivity index (χ0v) is 13.1. The summed E-state index contributed by atoms with van der Waals surface area (Å²) in [5.74, 6) is 0.890. The first-order chi connectivity index (χ1) is 11.1. The minimum atomic E-state index is 0.0633. The van der Waals surface area contributed by atoms with Crippen LogP contribution in [0.15, 0.2) is 30.5 Å². The maximum absolute atomic E-state index is 11.4. The van der Waals surface area contributed by atoms with Crippen LogP contribution in [0.1, 0.15) is 28.7 Å². The standard InChI is InChI=1S/C17H15N5O/c1-9-15(13-6-4-12(5-7-13)10(2)23)19-17-16(9)22-11(3)20-21-14(22)8-18-17/h4-8,19H,1-3H3. The number of nitrogens with one attached hydrogen (secondary N) is 1. The average Bonchev–Trinajstić information content (AvgIpc) is 3.08. The quantitative estimate of drug-likeness (QED) is 0.577. The van der Waals surface area contributed by atoms with E-state index in [-0.39, 0.29) is 5.78 Å². The first kappa shape index (κ1) is 13.6. The van der Waals surface area contributed by atoms with E-state index >= 15 is 0 Å². The second kappa shape index (κ2) is 4.74. The molecule has 0 amide bonds. The molecule has 4 aromatic rings. The van der Waals surface area contributed by atoms with E-state index in [1.807, 2.05) is 42.5 Å². The van der Waals surface area contributed by atoms with Gasteiger partial charge in [-0.3, -0.25) is 9.20 Å². The van der Waals surface area contributed by atoms with Crippen molar-refractivity contribution in [2.24, 2.45) is 0 Å². The topological polar surface area (TPSA) is 75.9 Å². The van der Waals surface area contributed by atoms with Crippen molar-refractivity contribution in [3.05, 3.63) is 47.4 Å². The monoisotopic (exact) mass is 305 g/mol. The minimum absolute atomic E-state index is 0.0633. The minimum Gasteiger partial charge on any atom is -0.338 e. The second-order valence-electron chi connectivity index (χ2n) is 5.65. The van der Waals surface area contributed by atoms with Gasteiger partial charge in [-0.15, -0.1) is 10.2 Å². The molecule has 23 heavy (non-hydrogen) atoms. The molecule has 0 spiro atoms. The summed E-state index contributed by atoms with van der Waals surface area (Å²) in [5.41, 5.74) is 6.30. The van der Waals surface area contributed by atoms with Gasteiger partial charge in [-0.1, -0.05) is 24.3 Å². The number of nitrogens with zero attached hydrogens (tertiary/aromatic N) is 4. The second-order valence-corrected chi connectivity index (χ2v) is 5.65. The molecule has 1 aromatic carbocycles. The lowest BCUT2D eigenvalue weighted by atomic mass is 10.0. The van der Waals surface area contributed by atoms with E-state index in [4.69, 9.17) is 0 Å². The van der Waals surface area contributed by atoms with E-state index in [1.165, 1.54) is 0 Å². The van der Waals surface area contributed by atoms with Crippen molar-refractivity contribution in [3.63, 3.8) is 0 Å². The smallest absolute Gasteiger partial charge is 0.179 e. The van der Waals surface area contributed by atoms with Crippen LogP contribution in [0.4, 0.5) is 0 Å². The molecule has 0 aliphatic heterocycles. The van der Waals surface area contributed by atoms with Crippen LogP contribution in [0.25, 0.3) is 28.1 Å². The third-order valence-electron chi connectivity index (χ3n) is 4.16. The Balaban J connectivity index is 1.97. The van der Waals surface area contributed by atoms with Crippen molar-refractivity contribution in [2.75, 3.05) is 0 Å². The van der Waals surface area contributed by atoms with Gasteiger partial charge in [0.25, 0.3) is 0 Å². The van der Waals surface area contributed by atoms with E-state index in [2.05, 4.69) is 20.2 Å². The third kappa shape index (κ3) is 1.95. The molecule has 0 saturated carbocycles. The largest absolute Gasteiger partial charge is 0.338 e. The lowest BCUT2D eigenvalue weighted by Crippen LogP contribution is -1.92. The molecule has 3 heterocycles. The van der Waals surface area contributed by atoms with E-state index in [9.17, 15) is 4.79 Å². The van der Waals surface area contributed by atoms with Gasteiger partial charge in [-0.25, -0.2) is 4.98 Å². The van der Waals surface area contributed by atoms with Gasteiger partial charge >= 0.3 is 0 Å². The zero-order chi connectivity index (χ0) is 16.1. The maximum Gasteiger partial charge on any atom is 0.179 e. The molecule has 3 aromatic heterocycles. The Morgan fingerprint density at radius 2 is 1.87 bits per heavy atom. The number of carbonyl (C=O) groups excluding carboxylic acids is 1. The number of hydrogen-bond donors (Lipinski definition) is 1. The molecule has 0 atom stereocenters. The Morgan fingerprint density at radius 3 is 2.57 bits per heavy atom. The number of ketones is 1. The van der Waals surface area contributed by atoms with Crippen LogP contribution in [0, 0.1) is 13.8 Å². The Morgan fingerprint density at radius 1 is 1.13 bits per heavy atom. The van der Waals surface area contributed by atoms with Crippen LogP contribution in [-0.2, 0) is 0 Å². The fraction of sp³-hybridized carbons (Fsp3) is 0.176. The summed E-state index contributed by atoms with van der Waals surface area (Å²) in [6.07, 6.45) is 1.71. The van der Waals surface area contributed by atoms with Gasteiger partial charge in [0, 0.05) is 11.1 Å². The molecular formula is C17H15N5O. The van der Waals surface area contributed by atoms with Crippen LogP contribution in [-0.4, -0.2) is 30.3 Å². The molecule has 0 unspecified atom stereocenters. The number of hydrogen-bond acceptors (Lipinski definition) is 4. The number of fused-ring (bicyclic) bond motifs is 3. The van der Waals surface area contributed by atoms with Crippen LogP contribution in [0.5, 0.6) is 0 Å². The molecule has 0 bridgehead atoms. The van der Waals surface area contributed by atoms with E-state index in [1.54, 1.807) is 13.1 Å². The maximum atomic E-state index is 11.4. The van der Waals surface area contributed by atoms with Crippen molar-refractivity contribution in [2.45, 2.75) is 20.8 Å². The summed E-state index contributed by atoms with van der Waals surface area (Å²) in [5, 5.41) is 8.24. The number of aryl methyl sites for hydroxylation is 2. The van der Waals surface area contributed by atoms with Crippen LogP contribution in [0.2, 0.25) is 0 Å². The van der Waals surface area contributed by atoms with Crippen LogP contribution in [0.3, 0.4) is 0 Å². The Hall–Kier alpha value is -3.02. The molecule has 0 fully saturated rings. The van der Waals surface area contributed by atoms with Gasteiger partial charge in [0.2, 0.25) is 0 Å². The van der Waals surface area contributed by atoms with E-state index < -0.39 is 0 Å². The first-order valence-corrected chi connectivity index (χ1v) is 7.36. The lowest BCUT2D eigenvalue weighted by molar-refractivity contribution is 0.101. The summed E-state index contributed by atoms with van der Waals surface area (Å²) in [4.78, 5) is 19.2. The van der Waals surface area contributed by atoms with Crippen molar-refractivity contribution >= 4 is 22.6 Å². The fourth-order valence-corrected chi connectivity index (χ4v) is 2.96. The van der Waals surface area contributed by atoms with E-state index in [0.717, 1.165) is 39.5 Å². The Bertz CT molecular complexity index is 1060. The highest BCUT2D eigenvalue weighted by atomic mass is 16.1. The highest BCUT2D eigenvalue weighted by Gasteiger charge is 2.15. The summed E-state index contributed by atoms with van der Waals surface area (Å²) in [6.45, 7) is 5.54. The number of Topliss-reactive ketones (excluding diaryl/α,β-unsaturated/α-hetero) is 1. The average molecular weight is 305 g/mol. The lowest BCUT2D eigenvalue weighted by Gasteiger charge is -2.02. The van der Waals surface area contributed by atoms with Gasteiger partial charge < -0.3 is 4.98 Å². The van der Waals surface area contributed by atoms with Gasteiger partial charge in [0.15, 0.2) is 17.1 Å². The Kier molecular flexibility index (Phi) is 2.81. The number of carbonyl (C=O) groups is 1. The summed E-state index contributed by atoms with van der Waals surface area (Å²) in [7, 11) is 0.